The van der Waals surface area contributed by atoms with Crippen molar-refractivity contribution in [3.8, 4) is 0 Å². The minimum absolute atomic E-state index is 0.0433. The van der Waals surface area contributed by atoms with E-state index in [1.165, 1.54) is 0 Å². The van der Waals surface area contributed by atoms with Gasteiger partial charge < -0.3 is 34.1 Å². The highest BCUT2D eigenvalue weighted by atomic mass is 16.5. The van der Waals surface area contributed by atoms with Crippen molar-refractivity contribution < 1.29 is 29.2 Å². The molecular weight excluding hydrogens is 266 g/mol. The van der Waals surface area contributed by atoms with Gasteiger partial charge in [-0.1, -0.05) is 0 Å². The smallest absolute Gasteiger partial charge is 0.0701 e. The molecule has 0 bridgehead atoms. The van der Waals surface area contributed by atoms with Gasteiger partial charge in [0.1, 0.15) is 0 Å². The molecule has 0 aromatic heterocycles. The molecule has 0 radical (unpaired) electrons. The number of hydrogen-bond donors (Lipinski definition) is 2. The lowest BCUT2D eigenvalue weighted by atomic mass is 10.5. The van der Waals surface area contributed by atoms with Crippen LogP contribution in [0.5, 0.6) is 0 Å². The van der Waals surface area contributed by atoms with Gasteiger partial charge >= 0.3 is 0 Å². The van der Waals surface area contributed by atoms with Crippen LogP contribution in [0.25, 0.3) is 0 Å². The summed E-state index contributed by atoms with van der Waals surface area (Å²) in [6.45, 7) is 5.92. The number of nitrogens with zero attached hydrogens (tertiary/aromatic N) is 1. The number of aliphatic hydroxyl groups is 2. The molecule has 2 N–H and O–H groups in total. The van der Waals surface area contributed by atoms with Crippen LogP contribution in [-0.4, -0.2) is 101 Å². The third-order valence-corrected chi connectivity index (χ3v) is 2.45. The van der Waals surface area contributed by atoms with E-state index in [-0.39, 0.29) is 13.2 Å². The Kier molecular flexibility index (Phi) is 16.5. The number of ether oxygens (including phenoxy) is 4. The lowest BCUT2D eigenvalue weighted by molar-refractivity contribution is 0.00424. The lowest BCUT2D eigenvalue weighted by Gasteiger charge is -2.16. The monoisotopic (exact) mass is 295 g/mol. The molecule has 7 heteroatoms. The van der Waals surface area contributed by atoms with Crippen LogP contribution in [-0.2, 0) is 18.9 Å². The fourth-order valence-corrected chi connectivity index (χ4v) is 1.33. The van der Waals surface area contributed by atoms with Gasteiger partial charge in [-0.05, 0) is 7.05 Å². The molecule has 0 atom stereocenters. The molecule has 7 nitrogen and oxygen atoms in total. The quantitative estimate of drug-likeness (QED) is 0.352. The van der Waals surface area contributed by atoms with Crippen LogP contribution in [0.2, 0.25) is 0 Å². The van der Waals surface area contributed by atoms with Crippen LogP contribution in [0.4, 0.5) is 0 Å². The van der Waals surface area contributed by atoms with Gasteiger partial charge in [0.15, 0.2) is 0 Å². The molecule has 0 aliphatic heterocycles. The van der Waals surface area contributed by atoms with Gasteiger partial charge in [0.05, 0.1) is 66.1 Å². The molecule has 20 heavy (non-hydrogen) atoms. The van der Waals surface area contributed by atoms with Crippen LogP contribution >= 0.6 is 0 Å². The molecule has 0 unspecified atom stereocenters. The number of likely N-dealkylation sites (N-methyl/N-ethyl adjacent to an activating group) is 1. The van der Waals surface area contributed by atoms with E-state index in [4.69, 9.17) is 29.2 Å². The molecular formula is C13H29NO6. The number of hydrogen-bond acceptors (Lipinski definition) is 7. The summed E-state index contributed by atoms with van der Waals surface area (Å²) in [5, 5.41) is 17.0. The summed E-state index contributed by atoms with van der Waals surface area (Å²) in [5.74, 6) is 0. The standard InChI is InChI=1S/C13H29NO6/c1-14(2-6-17-8-4-15)3-7-18-10-12-20-13-11-19-9-5-16/h15-16H,2-13H2,1H3. The summed E-state index contributed by atoms with van der Waals surface area (Å²) in [5.41, 5.74) is 0. The zero-order valence-electron chi connectivity index (χ0n) is 12.5. The Labute approximate surface area is 121 Å². The molecule has 0 aliphatic carbocycles. The lowest BCUT2D eigenvalue weighted by Crippen LogP contribution is -2.27. The Balaban J connectivity index is 3.07. The molecule has 0 saturated heterocycles. The van der Waals surface area contributed by atoms with E-state index in [0.717, 1.165) is 13.1 Å². The van der Waals surface area contributed by atoms with Gasteiger partial charge in [-0.25, -0.2) is 0 Å². The predicted octanol–water partition coefficient (Wildman–Crippen LogP) is -1.03. The fourth-order valence-electron chi connectivity index (χ4n) is 1.33. The summed E-state index contributed by atoms with van der Waals surface area (Å²) in [6.07, 6.45) is 0. The van der Waals surface area contributed by atoms with Crippen LogP contribution in [0.15, 0.2) is 0 Å². The van der Waals surface area contributed by atoms with E-state index in [0.29, 0.717) is 52.9 Å². The van der Waals surface area contributed by atoms with E-state index in [2.05, 4.69) is 4.90 Å². The maximum absolute atomic E-state index is 8.55. The second-order valence-electron chi connectivity index (χ2n) is 4.20. The summed E-state index contributed by atoms with van der Waals surface area (Å²) in [7, 11) is 2.00. The van der Waals surface area contributed by atoms with Gasteiger partial charge in [-0.3, -0.25) is 0 Å². The summed E-state index contributed by atoms with van der Waals surface area (Å²) in [4.78, 5) is 2.11. The maximum atomic E-state index is 8.55. The highest BCUT2D eigenvalue weighted by molar-refractivity contribution is 4.49. The fraction of sp³-hybridized carbons (Fsp3) is 1.00. The van der Waals surface area contributed by atoms with Crippen LogP contribution in [0, 0.1) is 0 Å². The second-order valence-corrected chi connectivity index (χ2v) is 4.20. The Hall–Kier alpha value is -0.280. The molecule has 0 heterocycles. The van der Waals surface area contributed by atoms with E-state index >= 15 is 0 Å². The van der Waals surface area contributed by atoms with E-state index < -0.39 is 0 Å². The summed E-state index contributed by atoms with van der Waals surface area (Å²) in [6, 6.07) is 0. The highest BCUT2D eigenvalue weighted by Crippen LogP contribution is 1.86. The Morgan fingerprint density at radius 3 is 1.40 bits per heavy atom. The Morgan fingerprint density at radius 2 is 0.950 bits per heavy atom. The van der Waals surface area contributed by atoms with Crippen LogP contribution in [0.3, 0.4) is 0 Å². The summed E-state index contributed by atoms with van der Waals surface area (Å²) < 4.78 is 20.9. The van der Waals surface area contributed by atoms with Crippen molar-refractivity contribution in [3.05, 3.63) is 0 Å². The van der Waals surface area contributed by atoms with Crippen molar-refractivity contribution in [1.29, 1.82) is 0 Å². The Bertz CT molecular complexity index is 184. The van der Waals surface area contributed by atoms with E-state index in [1.54, 1.807) is 0 Å². The zero-order valence-corrected chi connectivity index (χ0v) is 12.5. The second kappa shape index (κ2) is 16.8. The topological polar surface area (TPSA) is 80.6 Å². The molecule has 0 amide bonds. The Morgan fingerprint density at radius 1 is 0.600 bits per heavy atom. The number of rotatable bonds is 16. The van der Waals surface area contributed by atoms with Crippen molar-refractivity contribution in [3.63, 3.8) is 0 Å². The van der Waals surface area contributed by atoms with Crippen LogP contribution in [0.1, 0.15) is 0 Å². The highest BCUT2D eigenvalue weighted by Gasteiger charge is 1.98. The molecule has 122 valence electrons. The summed E-state index contributed by atoms with van der Waals surface area (Å²) >= 11 is 0. The van der Waals surface area contributed by atoms with Gasteiger partial charge in [0, 0.05) is 13.1 Å². The first-order valence-electron chi connectivity index (χ1n) is 7.02. The molecule has 0 saturated carbocycles. The molecule has 0 fully saturated rings. The van der Waals surface area contributed by atoms with Crippen molar-refractivity contribution in [2.45, 2.75) is 0 Å². The SMILES string of the molecule is CN(CCOCCO)CCOCCOCCOCCO. The first-order valence-corrected chi connectivity index (χ1v) is 7.02. The minimum atomic E-state index is 0.0433. The minimum Gasteiger partial charge on any atom is -0.394 e. The number of aliphatic hydroxyl groups excluding tert-OH is 2. The zero-order chi connectivity index (χ0) is 14.9. The van der Waals surface area contributed by atoms with Gasteiger partial charge in [-0.15, -0.1) is 0 Å². The molecule has 0 aromatic rings. The largest absolute Gasteiger partial charge is 0.394 e. The third kappa shape index (κ3) is 15.8. The van der Waals surface area contributed by atoms with Gasteiger partial charge in [0.25, 0.3) is 0 Å². The first kappa shape index (κ1) is 19.7. The van der Waals surface area contributed by atoms with Crippen LogP contribution < -0.4 is 0 Å². The maximum Gasteiger partial charge on any atom is 0.0701 e. The van der Waals surface area contributed by atoms with E-state index in [9.17, 15) is 0 Å². The van der Waals surface area contributed by atoms with E-state index in [1.807, 2.05) is 7.05 Å². The predicted molar refractivity (Wildman–Crippen MR) is 74.9 cm³/mol. The average Bonchev–Trinajstić information content (AvgIpc) is 2.45. The molecule has 0 aromatic carbocycles. The average molecular weight is 295 g/mol. The third-order valence-electron chi connectivity index (χ3n) is 2.45. The van der Waals surface area contributed by atoms with Crippen molar-refractivity contribution in [2.24, 2.45) is 0 Å². The molecule has 0 spiro atoms. The van der Waals surface area contributed by atoms with Gasteiger partial charge in [0.2, 0.25) is 0 Å². The van der Waals surface area contributed by atoms with Crippen molar-refractivity contribution in [2.75, 3.05) is 86.2 Å². The van der Waals surface area contributed by atoms with Crippen molar-refractivity contribution >= 4 is 0 Å². The van der Waals surface area contributed by atoms with Gasteiger partial charge in [-0.2, -0.15) is 0 Å². The normalized spacial score (nSPS) is 11.4. The molecule has 0 aliphatic rings. The van der Waals surface area contributed by atoms with Crippen molar-refractivity contribution in [1.82, 2.24) is 4.90 Å². The first-order chi connectivity index (χ1) is 9.81. The molecule has 0 rings (SSSR count).